The maximum absolute atomic E-state index is 12.9. The highest BCUT2D eigenvalue weighted by atomic mass is 19.4. The topological polar surface area (TPSA) is 92.9 Å². The Morgan fingerprint density at radius 2 is 1.76 bits per heavy atom. The van der Waals surface area contributed by atoms with Gasteiger partial charge in [-0.25, -0.2) is 9.59 Å². The highest BCUT2D eigenvalue weighted by Crippen LogP contribution is 2.39. The molecule has 0 bridgehead atoms. The molecule has 132 valence electrons. The number of nitrogens with zero attached hydrogens (tertiary/aromatic N) is 1. The molecule has 0 aromatic heterocycles. The number of alkyl halides is 3. The molecular weight excluding hydrogens is 341 g/mol. The number of halogens is 3. The first kappa shape index (κ1) is 18.1. The summed E-state index contributed by atoms with van der Waals surface area (Å²) in [5.41, 5.74) is 4.29. The van der Waals surface area contributed by atoms with Crippen molar-refractivity contribution in [2.45, 2.75) is 6.18 Å². The zero-order valence-electron chi connectivity index (χ0n) is 12.9. The van der Waals surface area contributed by atoms with Gasteiger partial charge in [0.15, 0.2) is 0 Å². The van der Waals surface area contributed by atoms with Crippen LogP contribution in [0.3, 0.4) is 0 Å². The molecule has 0 saturated carbocycles. The minimum Gasteiger partial charge on any atom is -0.496 e. The largest absolute Gasteiger partial charge is 0.496 e. The number of hydrogen-bond acceptors (Lipinski definition) is 3. The number of benzene rings is 2. The van der Waals surface area contributed by atoms with Crippen molar-refractivity contribution in [1.29, 1.82) is 0 Å². The van der Waals surface area contributed by atoms with E-state index in [4.69, 9.17) is 15.6 Å². The summed E-state index contributed by atoms with van der Waals surface area (Å²) in [6.07, 6.45) is -4.63. The van der Waals surface area contributed by atoms with E-state index in [1.54, 1.807) is 0 Å². The van der Waals surface area contributed by atoms with E-state index in [9.17, 15) is 22.8 Å². The SMILES string of the molecule is COc1cc(N(C(N)=O)c2cccc(C(=O)O)c2)ccc1C(F)(F)F. The number of aromatic carboxylic acids is 1. The van der Waals surface area contributed by atoms with Gasteiger partial charge in [-0.15, -0.1) is 0 Å². The van der Waals surface area contributed by atoms with Crippen molar-refractivity contribution < 1.29 is 32.6 Å². The van der Waals surface area contributed by atoms with Crippen LogP contribution in [0.15, 0.2) is 42.5 Å². The van der Waals surface area contributed by atoms with Crippen LogP contribution in [0.2, 0.25) is 0 Å². The number of amides is 2. The van der Waals surface area contributed by atoms with Gasteiger partial charge in [-0.05, 0) is 30.3 Å². The standard InChI is InChI=1S/C16H13F3N2O4/c1-25-13-8-11(5-6-12(13)16(17,18)19)21(15(20)24)10-4-2-3-9(7-10)14(22)23/h2-8H,1H3,(H2,20,24)(H,22,23). The second-order valence-electron chi connectivity index (χ2n) is 4.91. The fourth-order valence-electron chi connectivity index (χ4n) is 2.23. The summed E-state index contributed by atoms with van der Waals surface area (Å²) < 4.78 is 43.6. The zero-order chi connectivity index (χ0) is 18.8. The van der Waals surface area contributed by atoms with Gasteiger partial charge in [0, 0.05) is 6.07 Å². The predicted molar refractivity (Wildman–Crippen MR) is 83.1 cm³/mol. The summed E-state index contributed by atoms with van der Waals surface area (Å²) in [6.45, 7) is 0. The lowest BCUT2D eigenvalue weighted by molar-refractivity contribution is -0.138. The summed E-state index contributed by atoms with van der Waals surface area (Å²) in [7, 11) is 1.06. The third-order valence-electron chi connectivity index (χ3n) is 3.32. The fraction of sp³-hybridized carbons (Fsp3) is 0.125. The number of carboxylic acid groups (broad SMARTS) is 1. The summed E-state index contributed by atoms with van der Waals surface area (Å²) >= 11 is 0. The molecule has 3 N–H and O–H groups in total. The Morgan fingerprint density at radius 1 is 1.12 bits per heavy atom. The van der Waals surface area contributed by atoms with Crippen LogP contribution < -0.4 is 15.4 Å². The van der Waals surface area contributed by atoms with Gasteiger partial charge in [-0.2, -0.15) is 13.2 Å². The molecule has 0 spiro atoms. The van der Waals surface area contributed by atoms with Crippen LogP contribution in [0, 0.1) is 0 Å². The maximum atomic E-state index is 12.9. The van der Waals surface area contributed by atoms with Gasteiger partial charge < -0.3 is 15.6 Å². The average molecular weight is 354 g/mol. The lowest BCUT2D eigenvalue weighted by Gasteiger charge is -2.22. The van der Waals surface area contributed by atoms with Crippen LogP contribution in [0.4, 0.5) is 29.3 Å². The van der Waals surface area contributed by atoms with Crippen LogP contribution in [0.1, 0.15) is 15.9 Å². The zero-order valence-corrected chi connectivity index (χ0v) is 12.9. The van der Waals surface area contributed by atoms with E-state index < -0.39 is 29.5 Å². The average Bonchev–Trinajstić information content (AvgIpc) is 2.53. The van der Waals surface area contributed by atoms with E-state index in [1.165, 1.54) is 24.3 Å². The summed E-state index contributed by atoms with van der Waals surface area (Å²) in [6, 6.07) is 7.08. The minimum absolute atomic E-state index is 0.000103. The Hall–Kier alpha value is -3.23. The molecule has 0 aliphatic heterocycles. The third kappa shape index (κ3) is 3.82. The Labute approximate surface area is 140 Å². The van der Waals surface area contributed by atoms with Crippen molar-refractivity contribution in [3.05, 3.63) is 53.6 Å². The summed E-state index contributed by atoms with van der Waals surface area (Å²) in [4.78, 5) is 23.7. The summed E-state index contributed by atoms with van der Waals surface area (Å²) in [5, 5.41) is 9.03. The molecule has 9 heteroatoms. The van der Waals surface area contributed by atoms with Crippen molar-refractivity contribution >= 4 is 23.4 Å². The molecule has 0 saturated heterocycles. The number of carboxylic acids is 1. The van der Waals surface area contributed by atoms with Crippen molar-refractivity contribution in [3.63, 3.8) is 0 Å². The lowest BCUT2D eigenvalue weighted by atomic mass is 10.1. The monoisotopic (exact) mass is 354 g/mol. The highest BCUT2D eigenvalue weighted by Gasteiger charge is 2.34. The van der Waals surface area contributed by atoms with Gasteiger partial charge in [0.1, 0.15) is 5.75 Å². The van der Waals surface area contributed by atoms with Gasteiger partial charge >= 0.3 is 18.2 Å². The second-order valence-corrected chi connectivity index (χ2v) is 4.91. The lowest BCUT2D eigenvalue weighted by Crippen LogP contribution is -2.31. The number of ether oxygens (including phenoxy) is 1. The molecule has 0 heterocycles. The number of rotatable bonds is 4. The van der Waals surface area contributed by atoms with Gasteiger partial charge in [0.2, 0.25) is 0 Å². The minimum atomic E-state index is -4.63. The second kappa shape index (κ2) is 6.71. The first-order valence-corrected chi connectivity index (χ1v) is 6.83. The fourth-order valence-corrected chi connectivity index (χ4v) is 2.23. The van der Waals surface area contributed by atoms with Gasteiger partial charge in [0.25, 0.3) is 0 Å². The number of carbonyl (C=O) groups is 2. The number of carbonyl (C=O) groups excluding carboxylic acids is 1. The van der Waals surface area contributed by atoms with Crippen LogP contribution in [0.5, 0.6) is 5.75 Å². The molecule has 0 fully saturated rings. The number of methoxy groups -OCH3 is 1. The van der Waals surface area contributed by atoms with E-state index in [-0.39, 0.29) is 16.9 Å². The molecule has 2 rings (SSSR count). The van der Waals surface area contributed by atoms with Crippen LogP contribution in [-0.2, 0) is 6.18 Å². The normalized spacial score (nSPS) is 11.0. The van der Waals surface area contributed by atoms with E-state index in [0.717, 1.165) is 30.2 Å². The molecule has 0 aliphatic carbocycles. The van der Waals surface area contributed by atoms with Crippen molar-refractivity contribution in [2.75, 3.05) is 12.0 Å². The Balaban J connectivity index is 2.57. The molecule has 6 nitrogen and oxygen atoms in total. The van der Waals surface area contributed by atoms with Crippen molar-refractivity contribution in [1.82, 2.24) is 0 Å². The Bertz CT molecular complexity index is 821. The van der Waals surface area contributed by atoms with Gasteiger partial charge in [-0.1, -0.05) is 6.07 Å². The van der Waals surface area contributed by atoms with Crippen LogP contribution in [-0.4, -0.2) is 24.2 Å². The number of anilines is 2. The first-order chi connectivity index (χ1) is 11.6. The predicted octanol–water partition coefficient (Wildman–Crippen LogP) is 3.63. The molecule has 2 aromatic rings. The van der Waals surface area contributed by atoms with Crippen LogP contribution in [0.25, 0.3) is 0 Å². The van der Waals surface area contributed by atoms with E-state index in [0.29, 0.717) is 0 Å². The molecular formula is C16H13F3N2O4. The van der Waals surface area contributed by atoms with E-state index in [2.05, 4.69) is 0 Å². The number of nitrogens with two attached hydrogens (primary N) is 1. The highest BCUT2D eigenvalue weighted by molar-refractivity contribution is 6.00. The number of primary amides is 1. The Kier molecular flexibility index (Phi) is 4.87. The number of hydrogen-bond donors (Lipinski definition) is 2. The van der Waals surface area contributed by atoms with Crippen molar-refractivity contribution in [2.24, 2.45) is 5.73 Å². The first-order valence-electron chi connectivity index (χ1n) is 6.83. The molecule has 0 unspecified atom stereocenters. The molecule has 2 amide bonds. The number of urea groups is 1. The molecule has 0 radical (unpaired) electrons. The van der Waals surface area contributed by atoms with E-state index in [1.807, 2.05) is 0 Å². The van der Waals surface area contributed by atoms with Gasteiger partial charge in [-0.3, -0.25) is 4.90 Å². The van der Waals surface area contributed by atoms with Gasteiger partial charge in [0.05, 0.1) is 29.6 Å². The van der Waals surface area contributed by atoms with Crippen LogP contribution >= 0.6 is 0 Å². The smallest absolute Gasteiger partial charge is 0.419 e. The third-order valence-corrected chi connectivity index (χ3v) is 3.32. The Morgan fingerprint density at radius 3 is 2.28 bits per heavy atom. The van der Waals surface area contributed by atoms with E-state index >= 15 is 0 Å². The molecule has 2 aromatic carbocycles. The van der Waals surface area contributed by atoms with Crippen molar-refractivity contribution in [3.8, 4) is 5.75 Å². The maximum Gasteiger partial charge on any atom is 0.419 e. The summed E-state index contributed by atoms with van der Waals surface area (Å²) in [5.74, 6) is -1.72. The molecule has 0 aliphatic rings. The molecule has 25 heavy (non-hydrogen) atoms. The quantitative estimate of drug-likeness (QED) is 0.877. The molecule has 0 atom stereocenters.